The highest BCUT2D eigenvalue weighted by molar-refractivity contribution is 8.00. The normalized spacial score (nSPS) is 10.9. The van der Waals surface area contributed by atoms with E-state index in [-0.39, 0.29) is 11.4 Å². The number of rotatable bonds is 5. The van der Waals surface area contributed by atoms with Crippen LogP contribution in [-0.2, 0) is 4.79 Å². The molecule has 0 atom stereocenters. The Hall–Kier alpha value is -3.44. The summed E-state index contributed by atoms with van der Waals surface area (Å²) in [7, 11) is 0. The maximum absolute atomic E-state index is 12.2. The van der Waals surface area contributed by atoms with Gasteiger partial charge in [0.15, 0.2) is 5.65 Å². The van der Waals surface area contributed by atoms with E-state index in [9.17, 15) is 14.4 Å². The van der Waals surface area contributed by atoms with Gasteiger partial charge < -0.3 is 10.3 Å². The molecule has 0 spiro atoms. The van der Waals surface area contributed by atoms with Crippen molar-refractivity contribution in [3.8, 4) is 5.69 Å². The first-order valence-corrected chi connectivity index (χ1v) is 9.57. The summed E-state index contributed by atoms with van der Waals surface area (Å²) >= 11 is 7.10. The molecule has 0 unspecified atom stereocenters. The number of nitrogens with zero attached hydrogens (tertiary/aromatic N) is 4. The fourth-order valence-electron chi connectivity index (χ4n) is 2.53. The maximum Gasteiger partial charge on any atom is 0.325 e. The second-order valence-corrected chi connectivity index (χ2v) is 7.17. The van der Waals surface area contributed by atoms with Gasteiger partial charge >= 0.3 is 5.69 Å². The van der Waals surface area contributed by atoms with Crippen LogP contribution in [-0.4, -0.2) is 41.4 Å². The van der Waals surface area contributed by atoms with Crippen molar-refractivity contribution in [1.82, 2.24) is 29.7 Å². The molecule has 0 saturated heterocycles. The Kier molecular flexibility index (Phi) is 5.14. The van der Waals surface area contributed by atoms with E-state index in [0.717, 1.165) is 11.9 Å². The number of anilines is 1. The molecule has 10 nitrogen and oxygen atoms in total. The first-order valence-electron chi connectivity index (χ1n) is 8.20. The molecule has 0 aliphatic carbocycles. The number of H-pyrrole nitrogens is 2. The Labute approximate surface area is 171 Å². The highest BCUT2D eigenvalue weighted by Gasteiger charge is 2.14. The van der Waals surface area contributed by atoms with Crippen molar-refractivity contribution < 1.29 is 4.79 Å². The lowest BCUT2D eigenvalue weighted by Crippen LogP contribution is -2.27. The lowest BCUT2D eigenvalue weighted by atomic mass is 10.3. The zero-order valence-electron chi connectivity index (χ0n) is 14.5. The molecule has 3 heterocycles. The summed E-state index contributed by atoms with van der Waals surface area (Å²) < 4.78 is 1.65. The number of nitrogens with one attached hydrogen (secondary N) is 3. The SMILES string of the molecule is O=C(CSc1ncnc2c1cnn2-c1ccc(Cl)cc1)Nc1c[nH]c(=O)[nH]c1=O. The summed E-state index contributed by atoms with van der Waals surface area (Å²) in [5, 5.41) is 8.66. The number of carbonyl (C=O) groups excluding carboxylic acids is 1. The molecule has 4 aromatic rings. The number of aromatic amines is 2. The summed E-state index contributed by atoms with van der Waals surface area (Å²) in [5.41, 5.74) is -0.000732. The van der Waals surface area contributed by atoms with Crippen molar-refractivity contribution >= 4 is 46.0 Å². The zero-order chi connectivity index (χ0) is 20.4. The molecule has 3 N–H and O–H groups in total. The molecule has 4 rings (SSSR count). The van der Waals surface area contributed by atoms with Gasteiger partial charge in [-0.05, 0) is 24.3 Å². The second kappa shape index (κ2) is 7.89. The zero-order valence-corrected chi connectivity index (χ0v) is 16.1. The first-order chi connectivity index (χ1) is 14.0. The van der Waals surface area contributed by atoms with Crippen LogP contribution in [0.15, 0.2) is 57.6 Å². The van der Waals surface area contributed by atoms with Crippen LogP contribution in [0.25, 0.3) is 16.7 Å². The minimum Gasteiger partial charge on any atom is -0.320 e. The third kappa shape index (κ3) is 4.05. The van der Waals surface area contributed by atoms with E-state index in [1.54, 1.807) is 23.0 Å². The Morgan fingerprint density at radius 2 is 2.00 bits per heavy atom. The van der Waals surface area contributed by atoms with Gasteiger partial charge in [-0.25, -0.2) is 19.4 Å². The minimum atomic E-state index is -0.680. The third-order valence-corrected chi connectivity index (χ3v) is 5.09. The monoisotopic (exact) mass is 429 g/mol. The van der Waals surface area contributed by atoms with Crippen molar-refractivity contribution in [1.29, 1.82) is 0 Å². The fraction of sp³-hybridized carbons (Fsp3) is 0.0588. The number of hydrogen-bond donors (Lipinski definition) is 3. The molecule has 146 valence electrons. The molecule has 0 aliphatic heterocycles. The molecule has 0 fully saturated rings. The van der Waals surface area contributed by atoms with Crippen LogP contribution < -0.4 is 16.6 Å². The van der Waals surface area contributed by atoms with Gasteiger partial charge in [0, 0.05) is 11.2 Å². The summed E-state index contributed by atoms with van der Waals surface area (Å²) in [4.78, 5) is 47.7. The van der Waals surface area contributed by atoms with Gasteiger partial charge in [-0.15, -0.1) is 0 Å². The van der Waals surface area contributed by atoms with Gasteiger partial charge in [0.25, 0.3) is 5.56 Å². The van der Waals surface area contributed by atoms with Gasteiger partial charge in [-0.3, -0.25) is 14.6 Å². The fourth-order valence-corrected chi connectivity index (χ4v) is 3.42. The molecule has 1 aromatic carbocycles. The summed E-state index contributed by atoms with van der Waals surface area (Å²) in [5.74, 6) is -0.430. The second-order valence-electron chi connectivity index (χ2n) is 5.77. The van der Waals surface area contributed by atoms with Crippen LogP contribution in [0, 0.1) is 0 Å². The number of halogens is 1. The predicted octanol–water partition coefficient (Wildman–Crippen LogP) is 1.58. The van der Waals surface area contributed by atoms with Gasteiger partial charge in [-0.1, -0.05) is 23.4 Å². The van der Waals surface area contributed by atoms with Crippen LogP contribution in [0.4, 0.5) is 5.69 Å². The van der Waals surface area contributed by atoms with Gasteiger partial charge in [0.05, 0.1) is 23.0 Å². The molecule has 0 radical (unpaired) electrons. The number of fused-ring (bicyclic) bond motifs is 1. The molecular formula is C17H12ClN7O3S. The van der Waals surface area contributed by atoms with E-state index < -0.39 is 17.2 Å². The lowest BCUT2D eigenvalue weighted by molar-refractivity contribution is -0.113. The Morgan fingerprint density at radius 3 is 2.76 bits per heavy atom. The Balaban J connectivity index is 1.52. The molecule has 29 heavy (non-hydrogen) atoms. The van der Waals surface area contributed by atoms with Gasteiger partial charge in [-0.2, -0.15) is 5.10 Å². The van der Waals surface area contributed by atoms with Crippen molar-refractivity contribution in [3.63, 3.8) is 0 Å². The number of benzene rings is 1. The maximum atomic E-state index is 12.2. The highest BCUT2D eigenvalue weighted by atomic mass is 35.5. The lowest BCUT2D eigenvalue weighted by Gasteiger charge is -2.05. The highest BCUT2D eigenvalue weighted by Crippen LogP contribution is 2.26. The number of thioether (sulfide) groups is 1. The van der Waals surface area contributed by atoms with E-state index in [1.165, 1.54) is 18.1 Å². The van der Waals surface area contributed by atoms with Crippen molar-refractivity contribution in [2.24, 2.45) is 0 Å². The van der Waals surface area contributed by atoms with Gasteiger partial charge in [0.2, 0.25) is 5.91 Å². The average Bonchev–Trinajstić information content (AvgIpc) is 3.14. The number of aromatic nitrogens is 6. The quantitative estimate of drug-likeness (QED) is 0.323. The Morgan fingerprint density at radius 1 is 1.21 bits per heavy atom. The van der Waals surface area contributed by atoms with Crippen LogP contribution in [0.3, 0.4) is 0 Å². The van der Waals surface area contributed by atoms with E-state index in [1.807, 2.05) is 17.1 Å². The van der Waals surface area contributed by atoms with Crippen LogP contribution in [0.1, 0.15) is 0 Å². The van der Waals surface area contributed by atoms with E-state index in [2.05, 4.69) is 25.4 Å². The molecule has 0 saturated carbocycles. The minimum absolute atomic E-state index is 0.00317. The number of carbonyl (C=O) groups is 1. The van der Waals surface area contributed by atoms with Crippen LogP contribution in [0.2, 0.25) is 5.02 Å². The molecule has 1 amide bonds. The number of hydrogen-bond acceptors (Lipinski definition) is 7. The third-order valence-electron chi connectivity index (χ3n) is 3.83. The predicted molar refractivity (Wildman–Crippen MR) is 109 cm³/mol. The van der Waals surface area contributed by atoms with Crippen LogP contribution >= 0.6 is 23.4 Å². The largest absolute Gasteiger partial charge is 0.325 e. The van der Waals surface area contributed by atoms with Crippen LogP contribution in [0.5, 0.6) is 0 Å². The molecule has 3 aromatic heterocycles. The summed E-state index contributed by atoms with van der Waals surface area (Å²) in [6, 6.07) is 7.14. The molecule has 0 bridgehead atoms. The Bertz CT molecular complexity index is 1310. The van der Waals surface area contributed by atoms with Crippen molar-refractivity contribution in [2.75, 3.05) is 11.1 Å². The van der Waals surface area contributed by atoms with Crippen molar-refractivity contribution in [2.45, 2.75) is 5.03 Å². The van der Waals surface area contributed by atoms with Gasteiger partial charge in [0.1, 0.15) is 17.0 Å². The van der Waals surface area contributed by atoms with Crippen molar-refractivity contribution in [3.05, 3.63) is 68.8 Å². The van der Waals surface area contributed by atoms with E-state index in [4.69, 9.17) is 11.6 Å². The smallest absolute Gasteiger partial charge is 0.320 e. The average molecular weight is 430 g/mol. The molecule has 0 aliphatic rings. The standard InChI is InChI=1S/C17H12ClN7O3S/c18-9-1-3-10(4-2-9)25-14-11(5-22-25)16(21-8-20-14)29-7-13(26)23-12-6-19-17(28)24-15(12)27/h1-6,8H,7H2,(H,23,26)(H2,19,24,27,28). The molecule has 12 heteroatoms. The topological polar surface area (TPSA) is 138 Å². The first kappa shape index (κ1) is 18.9. The van der Waals surface area contributed by atoms with E-state index in [0.29, 0.717) is 21.1 Å². The summed E-state index contributed by atoms with van der Waals surface area (Å²) in [6.45, 7) is 0. The molecular weight excluding hydrogens is 418 g/mol. The summed E-state index contributed by atoms with van der Waals surface area (Å²) in [6.07, 6.45) is 4.16. The van der Waals surface area contributed by atoms with E-state index >= 15 is 0 Å². The number of amides is 1.